The second-order valence-electron chi connectivity index (χ2n) is 9.06. The minimum Gasteiger partial charge on any atom is -0.379 e. The summed E-state index contributed by atoms with van der Waals surface area (Å²) in [5.41, 5.74) is -0.346. The number of piperidine rings is 1. The van der Waals surface area contributed by atoms with Crippen molar-refractivity contribution < 1.29 is 23.5 Å². The molecular formula is C26H31FN4O5. The van der Waals surface area contributed by atoms with Crippen LogP contribution in [0.4, 0.5) is 4.39 Å². The number of aromatic nitrogens is 1. The van der Waals surface area contributed by atoms with Crippen molar-refractivity contribution in [2.24, 2.45) is 5.92 Å². The highest BCUT2D eigenvalue weighted by Crippen LogP contribution is 2.23. The van der Waals surface area contributed by atoms with Crippen LogP contribution in [-0.2, 0) is 14.3 Å². The lowest BCUT2D eigenvalue weighted by Gasteiger charge is -2.34. The quantitative estimate of drug-likeness (QED) is 0.432. The lowest BCUT2D eigenvalue weighted by atomic mass is 9.94. The van der Waals surface area contributed by atoms with Gasteiger partial charge >= 0.3 is 0 Å². The monoisotopic (exact) mass is 498 g/mol. The molecule has 192 valence electrons. The SMILES string of the molecule is O=C(NCCN1CCOCC1)C1CCN(C(=O)C(C(=O)c2ccc(F)cc2)n2ccccc2=O)CC1. The van der Waals surface area contributed by atoms with Crippen molar-refractivity contribution in [3.05, 3.63) is 70.4 Å². The molecule has 0 radical (unpaired) electrons. The van der Waals surface area contributed by atoms with Crippen LogP contribution in [0.25, 0.3) is 0 Å². The van der Waals surface area contributed by atoms with Gasteiger partial charge in [-0.2, -0.15) is 0 Å². The van der Waals surface area contributed by atoms with Gasteiger partial charge in [0.15, 0.2) is 11.8 Å². The van der Waals surface area contributed by atoms with E-state index in [2.05, 4.69) is 10.2 Å². The van der Waals surface area contributed by atoms with Crippen LogP contribution in [0.1, 0.15) is 29.2 Å². The molecule has 0 spiro atoms. The van der Waals surface area contributed by atoms with E-state index >= 15 is 0 Å². The third-order valence-corrected chi connectivity index (χ3v) is 6.75. The van der Waals surface area contributed by atoms with Crippen LogP contribution >= 0.6 is 0 Å². The number of rotatable bonds is 8. The van der Waals surface area contributed by atoms with E-state index < -0.39 is 29.1 Å². The van der Waals surface area contributed by atoms with Crippen LogP contribution in [0.5, 0.6) is 0 Å². The van der Waals surface area contributed by atoms with Gasteiger partial charge in [-0.25, -0.2) is 4.39 Å². The van der Waals surface area contributed by atoms with Crippen molar-refractivity contribution >= 4 is 17.6 Å². The van der Waals surface area contributed by atoms with E-state index in [1.807, 2.05) is 0 Å². The molecule has 1 N–H and O–H groups in total. The highest BCUT2D eigenvalue weighted by molar-refractivity contribution is 6.11. The molecule has 1 atom stereocenters. The first kappa shape index (κ1) is 25.7. The fraction of sp³-hybridized carbons (Fsp3) is 0.462. The molecule has 1 aromatic heterocycles. The van der Waals surface area contributed by atoms with Gasteiger partial charge in [0.05, 0.1) is 13.2 Å². The number of morpholine rings is 1. The third kappa shape index (κ3) is 6.24. The predicted molar refractivity (Wildman–Crippen MR) is 130 cm³/mol. The van der Waals surface area contributed by atoms with Gasteiger partial charge in [0, 0.05) is 63.0 Å². The molecule has 2 aromatic rings. The molecule has 0 bridgehead atoms. The lowest BCUT2D eigenvalue weighted by Crippen LogP contribution is -2.49. The van der Waals surface area contributed by atoms with Crippen molar-refractivity contribution in [3.63, 3.8) is 0 Å². The summed E-state index contributed by atoms with van der Waals surface area (Å²) in [6.45, 7) is 5.07. The second-order valence-corrected chi connectivity index (χ2v) is 9.06. The molecule has 0 saturated carbocycles. The molecule has 2 saturated heterocycles. The van der Waals surface area contributed by atoms with Crippen LogP contribution in [-0.4, -0.2) is 84.4 Å². The van der Waals surface area contributed by atoms with Gasteiger partial charge in [0.25, 0.3) is 11.5 Å². The van der Waals surface area contributed by atoms with Gasteiger partial charge in [-0.3, -0.25) is 28.6 Å². The van der Waals surface area contributed by atoms with Gasteiger partial charge in [-0.1, -0.05) is 6.07 Å². The number of nitrogens with zero attached hydrogens (tertiary/aromatic N) is 3. The van der Waals surface area contributed by atoms with Crippen molar-refractivity contribution in [2.75, 3.05) is 52.5 Å². The number of hydrogen-bond donors (Lipinski definition) is 1. The summed E-state index contributed by atoms with van der Waals surface area (Å²) in [6, 6.07) is 7.89. The minimum atomic E-state index is -1.40. The lowest BCUT2D eigenvalue weighted by molar-refractivity contribution is -0.137. The Morgan fingerprint density at radius 1 is 1.00 bits per heavy atom. The predicted octanol–water partition coefficient (Wildman–Crippen LogP) is 1.10. The molecule has 4 rings (SSSR count). The molecule has 1 unspecified atom stereocenters. The summed E-state index contributed by atoms with van der Waals surface area (Å²) in [5, 5.41) is 2.99. The van der Waals surface area contributed by atoms with Crippen LogP contribution in [0, 0.1) is 11.7 Å². The minimum absolute atomic E-state index is 0.0337. The number of ether oxygens (including phenoxy) is 1. The van der Waals surface area contributed by atoms with Gasteiger partial charge in [0.1, 0.15) is 5.82 Å². The maximum absolute atomic E-state index is 13.5. The van der Waals surface area contributed by atoms with Crippen LogP contribution in [0.3, 0.4) is 0 Å². The third-order valence-electron chi connectivity index (χ3n) is 6.75. The number of carbonyl (C=O) groups is 3. The molecule has 2 amide bonds. The first-order chi connectivity index (χ1) is 17.4. The summed E-state index contributed by atoms with van der Waals surface area (Å²) >= 11 is 0. The smallest absolute Gasteiger partial charge is 0.253 e. The largest absolute Gasteiger partial charge is 0.379 e. The number of ketones is 1. The van der Waals surface area contributed by atoms with Gasteiger partial charge < -0.3 is 15.0 Å². The second kappa shape index (κ2) is 12.0. The molecule has 3 heterocycles. The number of benzene rings is 1. The molecule has 2 aliphatic rings. The van der Waals surface area contributed by atoms with E-state index in [9.17, 15) is 23.6 Å². The van der Waals surface area contributed by atoms with Crippen molar-refractivity contribution in [1.29, 1.82) is 0 Å². The molecular weight excluding hydrogens is 467 g/mol. The van der Waals surface area contributed by atoms with Crippen molar-refractivity contribution in [2.45, 2.75) is 18.9 Å². The highest BCUT2D eigenvalue weighted by atomic mass is 19.1. The number of nitrogens with one attached hydrogen (secondary N) is 1. The standard InChI is InChI=1S/C26H31FN4O5/c27-21-6-4-19(5-7-21)24(33)23(31-11-2-1-3-22(31)32)26(35)30-12-8-20(9-13-30)25(34)28-10-14-29-15-17-36-18-16-29/h1-7,11,20,23H,8-10,12-18H2,(H,28,34). The van der Waals surface area contributed by atoms with Gasteiger partial charge in [0.2, 0.25) is 5.91 Å². The Bertz CT molecular complexity index is 1120. The Kier molecular flexibility index (Phi) is 8.61. The maximum atomic E-state index is 13.5. The zero-order valence-electron chi connectivity index (χ0n) is 20.1. The fourth-order valence-corrected chi connectivity index (χ4v) is 4.62. The summed E-state index contributed by atoms with van der Waals surface area (Å²) < 4.78 is 19.8. The Morgan fingerprint density at radius 2 is 1.69 bits per heavy atom. The van der Waals surface area contributed by atoms with Gasteiger partial charge in [-0.15, -0.1) is 0 Å². The number of likely N-dealkylation sites (tertiary alicyclic amines) is 1. The van der Waals surface area contributed by atoms with Crippen molar-refractivity contribution in [1.82, 2.24) is 19.7 Å². The maximum Gasteiger partial charge on any atom is 0.253 e. The summed E-state index contributed by atoms with van der Waals surface area (Å²) in [6.07, 6.45) is 2.34. The number of pyridine rings is 1. The van der Waals surface area contributed by atoms with E-state index in [0.717, 1.165) is 36.3 Å². The van der Waals surface area contributed by atoms with Gasteiger partial charge in [-0.05, 0) is 43.2 Å². The Labute approximate surface area is 208 Å². The number of carbonyl (C=O) groups excluding carboxylic acids is 3. The molecule has 36 heavy (non-hydrogen) atoms. The van der Waals surface area contributed by atoms with Crippen LogP contribution < -0.4 is 10.9 Å². The Hall–Kier alpha value is -3.37. The molecule has 0 aliphatic carbocycles. The average Bonchev–Trinajstić information content (AvgIpc) is 2.91. The number of halogens is 1. The van der Waals surface area contributed by atoms with E-state index in [0.29, 0.717) is 45.7 Å². The molecule has 1 aromatic carbocycles. The van der Waals surface area contributed by atoms with Crippen LogP contribution in [0.15, 0.2) is 53.5 Å². The molecule has 10 heteroatoms. The Balaban J connectivity index is 1.38. The molecule has 9 nitrogen and oxygen atoms in total. The summed E-state index contributed by atoms with van der Waals surface area (Å²) in [4.78, 5) is 55.8. The van der Waals surface area contributed by atoms with E-state index in [1.165, 1.54) is 35.4 Å². The normalized spacial score (nSPS) is 18.0. The number of amides is 2. The highest BCUT2D eigenvalue weighted by Gasteiger charge is 2.36. The molecule has 2 fully saturated rings. The first-order valence-corrected chi connectivity index (χ1v) is 12.3. The summed E-state index contributed by atoms with van der Waals surface area (Å²) in [5.74, 6) is -1.85. The summed E-state index contributed by atoms with van der Waals surface area (Å²) in [7, 11) is 0. The van der Waals surface area contributed by atoms with E-state index in [-0.39, 0.29) is 17.4 Å². The first-order valence-electron chi connectivity index (χ1n) is 12.3. The fourth-order valence-electron chi connectivity index (χ4n) is 4.62. The Morgan fingerprint density at radius 3 is 2.36 bits per heavy atom. The topological polar surface area (TPSA) is 101 Å². The molecule has 2 aliphatic heterocycles. The zero-order chi connectivity index (χ0) is 25.5. The van der Waals surface area contributed by atoms with Crippen LogP contribution in [0.2, 0.25) is 0 Å². The van der Waals surface area contributed by atoms with E-state index in [1.54, 1.807) is 6.07 Å². The van der Waals surface area contributed by atoms with Crippen molar-refractivity contribution in [3.8, 4) is 0 Å². The van der Waals surface area contributed by atoms with E-state index in [4.69, 9.17) is 4.74 Å². The number of Topliss-reactive ketones (excluding diaryl/α,β-unsaturated/α-hetero) is 1. The zero-order valence-corrected chi connectivity index (χ0v) is 20.1. The average molecular weight is 499 g/mol. The number of hydrogen-bond acceptors (Lipinski definition) is 6.